The molecule has 0 radical (unpaired) electrons. The van der Waals surface area contributed by atoms with Gasteiger partial charge in [0, 0.05) is 6.20 Å². The molecule has 192 valence electrons. The van der Waals surface area contributed by atoms with Crippen LogP contribution >= 0.6 is 0 Å². The van der Waals surface area contributed by atoms with Gasteiger partial charge in [0.2, 0.25) is 23.8 Å². The van der Waals surface area contributed by atoms with Crippen molar-refractivity contribution in [3.05, 3.63) is 89.4 Å². The van der Waals surface area contributed by atoms with Gasteiger partial charge in [-0.25, -0.2) is 4.68 Å². The maximum absolute atomic E-state index is 14.7. The fourth-order valence-electron chi connectivity index (χ4n) is 5.15. The molecule has 1 aliphatic carbocycles. The van der Waals surface area contributed by atoms with Crippen LogP contribution in [0.3, 0.4) is 0 Å². The second-order valence-corrected chi connectivity index (χ2v) is 10.6. The molecule has 4 heterocycles. The molecule has 4 aromatic rings. The van der Waals surface area contributed by atoms with Gasteiger partial charge < -0.3 is 0 Å². The molecule has 0 amide bonds. The zero-order valence-electron chi connectivity index (χ0n) is 20.9. The Hall–Kier alpha value is -3.62. The molecular weight excluding hydrogens is 482 g/mol. The summed E-state index contributed by atoms with van der Waals surface area (Å²) < 4.78 is 57.0. The zero-order valence-corrected chi connectivity index (χ0v) is 20.9. The van der Waals surface area contributed by atoms with Crippen molar-refractivity contribution in [2.75, 3.05) is 0 Å². The first-order valence-corrected chi connectivity index (χ1v) is 12.3. The molecule has 5 rings (SSSR count). The Kier molecular flexibility index (Phi) is 6.33. The summed E-state index contributed by atoms with van der Waals surface area (Å²) in [6.45, 7) is 6.11. The SMILES string of the molecule is CC1(Cc2cc(-c3ccc(F)nc3F)nc(C(C)(C)c3ccn(-c4ccc(F)nc4F)n3)c2)CCCC1. The number of pyridine rings is 3. The van der Waals surface area contributed by atoms with Crippen LogP contribution in [0.25, 0.3) is 16.9 Å². The lowest BCUT2D eigenvalue weighted by atomic mass is 9.79. The van der Waals surface area contributed by atoms with Crippen molar-refractivity contribution < 1.29 is 17.6 Å². The van der Waals surface area contributed by atoms with Crippen LogP contribution in [0.2, 0.25) is 0 Å². The molecular formula is C28H27F4N5. The Bertz CT molecular complexity index is 1460. The summed E-state index contributed by atoms with van der Waals surface area (Å²) in [5.41, 5.74) is 2.07. The van der Waals surface area contributed by atoms with Crippen molar-refractivity contribution >= 4 is 0 Å². The highest BCUT2D eigenvalue weighted by molar-refractivity contribution is 5.60. The summed E-state index contributed by atoms with van der Waals surface area (Å²) in [5.74, 6) is -3.71. The molecule has 0 aromatic carbocycles. The molecule has 0 saturated heterocycles. The van der Waals surface area contributed by atoms with E-state index in [0.29, 0.717) is 17.1 Å². The van der Waals surface area contributed by atoms with Crippen molar-refractivity contribution in [2.45, 2.75) is 58.3 Å². The minimum atomic E-state index is -0.973. The van der Waals surface area contributed by atoms with Crippen LogP contribution in [0, 0.1) is 29.2 Å². The summed E-state index contributed by atoms with van der Waals surface area (Å²) in [6, 6.07) is 10.4. The summed E-state index contributed by atoms with van der Waals surface area (Å²) in [7, 11) is 0. The van der Waals surface area contributed by atoms with Crippen molar-refractivity contribution in [1.29, 1.82) is 0 Å². The highest BCUT2D eigenvalue weighted by atomic mass is 19.1. The molecule has 4 aromatic heterocycles. The molecule has 1 saturated carbocycles. The smallest absolute Gasteiger partial charge is 0.241 e. The molecule has 0 bridgehead atoms. The Balaban J connectivity index is 1.58. The predicted octanol–water partition coefficient (Wildman–Crippen LogP) is 6.73. The molecule has 5 nitrogen and oxygen atoms in total. The van der Waals surface area contributed by atoms with Crippen LogP contribution in [0.5, 0.6) is 0 Å². The Morgan fingerprint density at radius 3 is 2.19 bits per heavy atom. The monoisotopic (exact) mass is 509 g/mol. The lowest BCUT2D eigenvalue weighted by molar-refractivity contribution is 0.334. The number of nitrogens with zero attached hydrogens (tertiary/aromatic N) is 5. The largest absolute Gasteiger partial charge is 0.252 e. The van der Waals surface area contributed by atoms with E-state index in [1.54, 1.807) is 12.3 Å². The first kappa shape index (κ1) is 25.0. The molecule has 9 heteroatoms. The molecule has 0 unspecified atom stereocenters. The summed E-state index contributed by atoms with van der Waals surface area (Å²) in [6.07, 6.45) is 6.94. The molecule has 1 aliphatic rings. The maximum Gasteiger partial charge on any atom is 0.241 e. The number of rotatable bonds is 6. The molecule has 1 fully saturated rings. The average Bonchev–Trinajstić information content (AvgIpc) is 3.49. The van der Waals surface area contributed by atoms with Gasteiger partial charge in [-0.3, -0.25) is 4.98 Å². The van der Waals surface area contributed by atoms with Gasteiger partial charge in [-0.05, 0) is 86.6 Å². The average molecular weight is 510 g/mol. The number of hydrogen-bond donors (Lipinski definition) is 0. The van der Waals surface area contributed by atoms with Gasteiger partial charge in [0.05, 0.1) is 28.1 Å². The third-order valence-corrected chi connectivity index (χ3v) is 7.33. The normalized spacial score (nSPS) is 15.3. The minimum absolute atomic E-state index is 0.0134. The fourth-order valence-corrected chi connectivity index (χ4v) is 5.15. The maximum atomic E-state index is 14.7. The van der Waals surface area contributed by atoms with Crippen molar-refractivity contribution in [1.82, 2.24) is 24.7 Å². The van der Waals surface area contributed by atoms with E-state index in [1.165, 1.54) is 29.7 Å². The number of halogens is 4. The summed E-state index contributed by atoms with van der Waals surface area (Å²) >= 11 is 0. The van der Waals surface area contributed by atoms with Gasteiger partial charge in [0.1, 0.15) is 5.69 Å². The second-order valence-electron chi connectivity index (χ2n) is 10.6. The molecule has 0 aliphatic heterocycles. The van der Waals surface area contributed by atoms with Crippen molar-refractivity contribution in [2.24, 2.45) is 5.41 Å². The van der Waals surface area contributed by atoms with Crippen LogP contribution in [0.4, 0.5) is 17.6 Å². The van der Waals surface area contributed by atoms with Gasteiger partial charge >= 0.3 is 0 Å². The molecule has 37 heavy (non-hydrogen) atoms. The lowest BCUT2D eigenvalue weighted by Gasteiger charge is -2.27. The number of aromatic nitrogens is 5. The van der Waals surface area contributed by atoms with Crippen molar-refractivity contribution in [3.8, 4) is 16.9 Å². The van der Waals surface area contributed by atoms with Crippen molar-refractivity contribution in [3.63, 3.8) is 0 Å². The lowest BCUT2D eigenvalue weighted by Crippen LogP contribution is -2.23. The third kappa shape index (κ3) is 4.99. The molecule has 0 atom stereocenters. The fraction of sp³-hybridized carbons (Fsp3) is 0.357. The van der Waals surface area contributed by atoms with Gasteiger partial charge in [0.25, 0.3) is 0 Å². The van der Waals surface area contributed by atoms with E-state index >= 15 is 0 Å². The van der Waals surface area contributed by atoms with E-state index in [9.17, 15) is 17.6 Å². The Morgan fingerprint density at radius 2 is 1.51 bits per heavy atom. The minimum Gasteiger partial charge on any atom is -0.252 e. The molecule has 0 spiro atoms. The standard InChI is InChI=1S/C28H27F4N5/c1-27(2,21-10-13-37(36-21)20-7-9-24(30)35-26(20)32)22-15-17(16-28(3)11-4-5-12-28)14-19(33-22)18-6-8-23(29)34-25(18)31/h6-10,13-15H,4-5,11-12,16H2,1-3H3. The van der Waals surface area contributed by atoms with Crippen LogP contribution in [-0.4, -0.2) is 24.7 Å². The van der Waals surface area contributed by atoms with Crippen LogP contribution in [-0.2, 0) is 11.8 Å². The Morgan fingerprint density at radius 1 is 0.838 bits per heavy atom. The number of hydrogen-bond acceptors (Lipinski definition) is 4. The van der Waals surface area contributed by atoms with E-state index in [4.69, 9.17) is 4.98 Å². The van der Waals surface area contributed by atoms with E-state index in [2.05, 4.69) is 22.0 Å². The first-order valence-electron chi connectivity index (χ1n) is 12.3. The van der Waals surface area contributed by atoms with Crippen LogP contribution < -0.4 is 0 Å². The quantitative estimate of drug-likeness (QED) is 0.214. The van der Waals surface area contributed by atoms with E-state index < -0.39 is 29.2 Å². The van der Waals surface area contributed by atoms with E-state index in [-0.39, 0.29) is 16.7 Å². The summed E-state index contributed by atoms with van der Waals surface area (Å²) in [4.78, 5) is 11.3. The summed E-state index contributed by atoms with van der Waals surface area (Å²) in [5, 5.41) is 4.54. The van der Waals surface area contributed by atoms with Gasteiger partial charge in [-0.15, -0.1) is 0 Å². The Labute approximate surface area is 212 Å². The van der Waals surface area contributed by atoms with E-state index in [0.717, 1.165) is 37.0 Å². The predicted molar refractivity (Wildman–Crippen MR) is 131 cm³/mol. The first-order chi connectivity index (χ1) is 17.5. The third-order valence-electron chi connectivity index (χ3n) is 7.33. The topological polar surface area (TPSA) is 56.5 Å². The van der Waals surface area contributed by atoms with Gasteiger partial charge in [-0.2, -0.15) is 32.6 Å². The highest BCUT2D eigenvalue weighted by Gasteiger charge is 2.32. The second kappa shape index (κ2) is 9.36. The van der Waals surface area contributed by atoms with Gasteiger partial charge in [-0.1, -0.05) is 19.8 Å². The molecule has 0 N–H and O–H groups in total. The van der Waals surface area contributed by atoms with E-state index in [1.807, 2.05) is 26.0 Å². The zero-order chi connectivity index (χ0) is 26.4. The highest BCUT2D eigenvalue weighted by Crippen LogP contribution is 2.41. The van der Waals surface area contributed by atoms with Crippen LogP contribution in [0.1, 0.15) is 63.4 Å². The van der Waals surface area contributed by atoms with Gasteiger partial charge in [0.15, 0.2) is 0 Å². The van der Waals surface area contributed by atoms with Crippen LogP contribution in [0.15, 0.2) is 48.7 Å².